The highest BCUT2D eigenvalue weighted by atomic mass is 16.7. The van der Waals surface area contributed by atoms with E-state index in [9.17, 15) is 0 Å². The van der Waals surface area contributed by atoms with Crippen LogP contribution in [0.25, 0.3) is 10.9 Å². The monoisotopic (exact) mass is 233 g/mol. The third kappa shape index (κ3) is 1.35. The first-order chi connectivity index (χ1) is 8.35. The highest BCUT2D eigenvalue weighted by Crippen LogP contribution is 2.45. The van der Waals surface area contributed by atoms with Crippen LogP contribution < -0.4 is 18.9 Å². The van der Waals surface area contributed by atoms with E-state index in [4.69, 9.17) is 18.9 Å². The zero-order chi connectivity index (χ0) is 11.8. The van der Waals surface area contributed by atoms with Crippen molar-refractivity contribution >= 4 is 10.9 Å². The first kappa shape index (κ1) is 10.0. The average Bonchev–Trinajstić information content (AvgIpc) is 2.82. The maximum Gasteiger partial charge on any atom is 0.264 e. The fourth-order valence-corrected chi connectivity index (χ4v) is 1.93. The molecule has 0 saturated heterocycles. The minimum Gasteiger partial charge on any atom is -0.494 e. The highest BCUT2D eigenvalue weighted by Gasteiger charge is 2.24. The Morgan fingerprint density at radius 3 is 2.82 bits per heavy atom. The Hall–Kier alpha value is -2.17. The van der Waals surface area contributed by atoms with Crippen LogP contribution >= 0.6 is 0 Å². The molecule has 17 heavy (non-hydrogen) atoms. The van der Waals surface area contributed by atoms with E-state index in [1.54, 1.807) is 14.2 Å². The van der Waals surface area contributed by atoms with Crippen LogP contribution in [0.15, 0.2) is 18.2 Å². The van der Waals surface area contributed by atoms with Crippen molar-refractivity contribution < 1.29 is 18.9 Å². The minimum absolute atomic E-state index is 0.164. The first-order valence-corrected chi connectivity index (χ1v) is 5.15. The molecule has 3 rings (SSSR count). The van der Waals surface area contributed by atoms with Crippen LogP contribution in [0.2, 0.25) is 0 Å². The van der Waals surface area contributed by atoms with Crippen LogP contribution in [0.5, 0.6) is 23.1 Å². The van der Waals surface area contributed by atoms with E-state index in [2.05, 4.69) is 4.98 Å². The van der Waals surface area contributed by atoms with Crippen LogP contribution in [0.3, 0.4) is 0 Å². The Labute approximate surface area is 97.9 Å². The molecular formula is C12H11NO4. The third-order valence-electron chi connectivity index (χ3n) is 2.68. The summed E-state index contributed by atoms with van der Waals surface area (Å²) in [6.07, 6.45) is 0. The van der Waals surface area contributed by atoms with Crippen molar-refractivity contribution in [3.05, 3.63) is 18.2 Å². The number of hydrogen-bond acceptors (Lipinski definition) is 5. The molecule has 0 spiro atoms. The lowest BCUT2D eigenvalue weighted by molar-refractivity contribution is 0.168. The molecule has 0 fully saturated rings. The van der Waals surface area contributed by atoms with Gasteiger partial charge >= 0.3 is 0 Å². The van der Waals surface area contributed by atoms with Crippen molar-refractivity contribution in [1.82, 2.24) is 4.98 Å². The number of fused-ring (bicyclic) bond motifs is 2. The number of hydrogen-bond donors (Lipinski definition) is 0. The van der Waals surface area contributed by atoms with E-state index in [1.807, 2.05) is 18.2 Å². The standard InChI is InChI=1S/C12H11NO4/c1-14-8-5-3-4-7-9(8)13-12-11(10(7)15-2)16-6-17-12/h3-5H,6H2,1-2H3. The highest BCUT2D eigenvalue weighted by molar-refractivity contribution is 5.93. The summed E-state index contributed by atoms with van der Waals surface area (Å²) in [6, 6.07) is 5.64. The SMILES string of the molecule is COc1c2c(nc3c(OC)cccc13)OCO2. The number of nitrogens with zero attached hydrogens (tertiary/aromatic N) is 1. The van der Waals surface area contributed by atoms with Gasteiger partial charge in [0.05, 0.1) is 19.6 Å². The maximum absolute atomic E-state index is 5.37. The van der Waals surface area contributed by atoms with Gasteiger partial charge in [0.15, 0.2) is 5.75 Å². The Kier molecular flexibility index (Phi) is 2.18. The number of methoxy groups -OCH3 is 2. The summed E-state index contributed by atoms with van der Waals surface area (Å²) in [5.41, 5.74) is 0.705. The van der Waals surface area contributed by atoms with Crippen molar-refractivity contribution in [2.24, 2.45) is 0 Å². The lowest BCUT2D eigenvalue weighted by Crippen LogP contribution is -1.94. The number of benzene rings is 1. The lowest BCUT2D eigenvalue weighted by atomic mass is 10.2. The van der Waals surface area contributed by atoms with Gasteiger partial charge in [0, 0.05) is 0 Å². The Balaban J connectivity index is 2.40. The largest absolute Gasteiger partial charge is 0.494 e. The van der Waals surface area contributed by atoms with E-state index in [1.165, 1.54) is 0 Å². The van der Waals surface area contributed by atoms with Gasteiger partial charge in [-0.3, -0.25) is 0 Å². The van der Waals surface area contributed by atoms with Crippen LogP contribution in [0, 0.1) is 0 Å². The predicted molar refractivity (Wildman–Crippen MR) is 61.0 cm³/mol. The second kappa shape index (κ2) is 3.69. The van der Waals surface area contributed by atoms with Crippen molar-refractivity contribution in [2.75, 3.05) is 21.0 Å². The molecule has 1 aromatic heterocycles. The molecule has 0 unspecified atom stereocenters. The molecule has 1 aliphatic heterocycles. The molecule has 5 nitrogen and oxygen atoms in total. The summed E-state index contributed by atoms with van der Waals surface area (Å²) in [6.45, 7) is 0.164. The van der Waals surface area contributed by atoms with E-state index < -0.39 is 0 Å². The molecule has 1 aliphatic rings. The average molecular weight is 233 g/mol. The zero-order valence-corrected chi connectivity index (χ0v) is 9.52. The molecular weight excluding hydrogens is 222 g/mol. The van der Waals surface area contributed by atoms with Gasteiger partial charge in [-0.2, -0.15) is 0 Å². The molecule has 2 heterocycles. The predicted octanol–water partition coefficient (Wildman–Crippen LogP) is 1.98. The summed E-state index contributed by atoms with van der Waals surface area (Å²) in [4.78, 5) is 4.38. The number of para-hydroxylation sites is 1. The summed E-state index contributed by atoms with van der Waals surface area (Å²) < 4.78 is 21.3. The summed E-state index contributed by atoms with van der Waals surface area (Å²) in [7, 11) is 3.20. The smallest absolute Gasteiger partial charge is 0.264 e. The van der Waals surface area contributed by atoms with Crippen molar-refractivity contribution in [3.8, 4) is 23.1 Å². The molecule has 0 radical (unpaired) electrons. The number of pyridine rings is 1. The number of rotatable bonds is 2. The molecule has 0 saturated carbocycles. The summed E-state index contributed by atoms with van der Waals surface area (Å²) >= 11 is 0. The van der Waals surface area contributed by atoms with Crippen LogP contribution in [0.4, 0.5) is 0 Å². The maximum atomic E-state index is 5.37. The van der Waals surface area contributed by atoms with Crippen molar-refractivity contribution in [3.63, 3.8) is 0 Å². The fraction of sp³-hybridized carbons (Fsp3) is 0.250. The normalized spacial score (nSPS) is 12.8. The van der Waals surface area contributed by atoms with E-state index in [0.29, 0.717) is 28.6 Å². The Bertz CT molecular complexity index is 582. The summed E-state index contributed by atoms with van der Waals surface area (Å²) in [5, 5.41) is 0.844. The lowest BCUT2D eigenvalue weighted by Gasteiger charge is -2.10. The topological polar surface area (TPSA) is 49.8 Å². The van der Waals surface area contributed by atoms with Gasteiger partial charge in [-0.05, 0) is 12.1 Å². The molecule has 0 aliphatic carbocycles. The van der Waals surface area contributed by atoms with Gasteiger partial charge < -0.3 is 18.9 Å². The molecule has 2 aromatic rings. The third-order valence-corrected chi connectivity index (χ3v) is 2.68. The van der Waals surface area contributed by atoms with Gasteiger partial charge in [-0.1, -0.05) is 6.07 Å². The quantitative estimate of drug-likeness (QED) is 0.793. The van der Waals surface area contributed by atoms with Crippen LogP contribution in [0.1, 0.15) is 0 Å². The molecule has 5 heteroatoms. The van der Waals surface area contributed by atoms with Gasteiger partial charge in [-0.15, -0.1) is 0 Å². The minimum atomic E-state index is 0.164. The van der Waals surface area contributed by atoms with E-state index in [-0.39, 0.29) is 6.79 Å². The number of aromatic nitrogens is 1. The molecule has 0 N–H and O–H groups in total. The molecule has 0 bridgehead atoms. The fourth-order valence-electron chi connectivity index (χ4n) is 1.93. The van der Waals surface area contributed by atoms with E-state index in [0.717, 1.165) is 5.39 Å². The Morgan fingerprint density at radius 1 is 1.18 bits per heavy atom. The molecule has 0 amide bonds. The van der Waals surface area contributed by atoms with Crippen molar-refractivity contribution in [1.29, 1.82) is 0 Å². The number of ether oxygens (including phenoxy) is 4. The first-order valence-electron chi connectivity index (χ1n) is 5.15. The van der Waals surface area contributed by atoms with Crippen LogP contribution in [-0.4, -0.2) is 26.0 Å². The van der Waals surface area contributed by atoms with Gasteiger partial charge in [0.2, 0.25) is 12.5 Å². The second-order valence-electron chi connectivity index (χ2n) is 3.54. The second-order valence-corrected chi connectivity index (χ2v) is 3.54. The molecule has 88 valence electrons. The molecule has 0 atom stereocenters. The van der Waals surface area contributed by atoms with Gasteiger partial charge in [-0.25, -0.2) is 4.98 Å². The Morgan fingerprint density at radius 2 is 2.06 bits per heavy atom. The molecule has 1 aromatic carbocycles. The van der Waals surface area contributed by atoms with Gasteiger partial charge in [0.25, 0.3) is 5.88 Å². The van der Waals surface area contributed by atoms with E-state index >= 15 is 0 Å². The zero-order valence-electron chi connectivity index (χ0n) is 9.52. The van der Waals surface area contributed by atoms with Gasteiger partial charge in [0.1, 0.15) is 11.3 Å². The van der Waals surface area contributed by atoms with Crippen molar-refractivity contribution in [2.45, 2.75) is 0 Å². The summed E-state index contributed by atoms with van der Waals surface area (Å²) in [5.74, 6) is 2.30. The van der Waals surface area contributed by atoms with Crippen LogP contribution in [-0.2, 0) is 0 Å².